The smallest absolute Gasteiger partial charge is 0.261 e. The summed E-state index contributed by atoms with van der Waals surface area (Å²) in [6.45, 7) is 7.45. The van der Waals surface area contributed by atoms with Crippen molar-refractivity contribution in [3.63, 3.8) is 0 Å². The summed E-state index contributed by atoms with van der Waals surface area (Å²) in [4.78, 5) is 28.8. The maximum absolute atomic E-state index is 13.7. The fourth-order valence-corrected chi connectivity index (χ4v) is 4.32. The molecule has 0 saturated carbocycles. The first-order valence-electron chi connectivity index (χ1n) is 11.8. The van der Waals surface area contributed by atoms with Gasteiger partial charge in [0, 0.05) is 34.1 Å². The first-order valence-corrected chi connectivity index (χ1v) is 12.6. The lowest BCUT2D eigenvalue weighted by Crippen LogP contribution is -2.55. The van der Waals surface area contributed by atoms with Crippen molar-refractivity contribution in [2.24, 2.45) is 0 Å². The van der Waals surface area contributed by atoms with Crippen LogP contribution in [0.25, 0.3) is 0 Å². The molecule has 0 fully saturated rings. The molecule has 190 valence electrons. The second-order valence-corrected chi connectivity index (χ2v) is 10.5. The van der Waals surface area contributed by atoms with Crippen molar-refractivity contribution in [3.8, 4) is 5.75 Å². The van der Waals surface area contributed by atoms with Gasteiger partial charge in [0.15, 0.2) is 6.61 Å². The Kier molecular flexibility index (Phi) is 9.41. The van der Waals surface area contributed by atoms with Crippen LogP contribution in [0.3, 0.4) is 0 Å². The number of halogens is 2. The van der Waals surface area contributed by atoms with Crippen LogP contribution in [-0.2, 0) is 22.6 Å². The number of nitrogens with one attached hydrogen (secondary N) is 1. The first kappa shape index (κ1) is 27.6. The number of para-hydroxylation sites is 1. The number of carbonyl (C=O) groups is 2. The van der Waals surface area contributed by atoms with E-state index in [9.17, 15) is 9.59 Å². The number of rotatable bonds is 9. The number of ether oxygens (including phenoxy) is 1. The van der Waals surface area contributed by atoms with E-state index in [0.29, 0.717) is 27.8 Å². The second kappa shape index (κ2) is 12.3. The van der Waals surface area contributed by atoms with Gasteiger partial charge < -0.3 is 15.0 Å². The summed E-state index contributed by atoms with van der Waals surface area (Å²) < 4.78 is 5.87. The lowest BCUT2D eigenvalue weighted by atomic mass is 10.0. The van der Waals surface area contributed by atoms with Crippen LogP contribution in [0.4, 0.5) is 0 Å². The summed E-state index contributed by atoms with van der Waals surface area (Å²) in [6.07, 6.45) is 0.320. The molecule has 3 aromatic rings. The van der Waals surface area contributed by atoms with Gasteiger partial charge in [-0.3, -0.25) is 9.59 Å². The summed E-state index contributed by atoms with van der Waals surface area (Å²) in [5.41, 5.74) is 1.93. The highest BCUT2D eigenvalue weighted by atomic mass is 35.5. The predicted octanol–water partition coefficient (Wildman–Crippen LogP) is 6.24. The van der Waals surface area contributed by atoms with Crippen LogP contribution in [-0.4, -0.2) is 34.9 Å². The number of aryl methyl sites for hydroxylation is 1. The third kappa shape index (κ3) is 7.74. The molecule has 2 amide bonds. The van der Waals surface area contributed by atoms with E-state index in [1.54, 1.807) is 18.2 Å². The molecule has 1 atom stereocenters. The second-order valence-electron chi connectivity index (χ2n) is 9.72. The Morgan fingerprint density at radius 3 is 2.14 bits per heavy atom. The third-order valence-electron chi connectivity index (χ3n) is 5.60. The molecule has 0 unspecified atom stereocenters. The number of hydrogen-bond donors (Lipinski definition) is 1. The molecule has 5 nitrogen and oxygen atoms in total. The number of benzene rings is 3. The van der Waals surface area contributed by atoms with Crippen LogP contribution in [0.15, 0.2) is 72.8 Å². The van der Waals surface area contributed by atoms with Gasteiger partial charge in [0.1, 0.15) is 11.8 Å². The average Bonchev–Trinajstić information content (AvgIpc) is 2.82. The van der Waals surface area contributed by atoms with Crippen molar-refractivity contribution in [2.75, 3.05) is 6.61 Å². The standard InChI is InChI=1S/C29H32Cl2N2O3/c1-20-11-8-9-16-26(20)36-19-27(34)33(18-22-23(30)14-10-15-24(22)31)25(28(35)32-29(2,3)4)17-21-12-6-5-7-13-21/h5-16,25H,17-19H2,1-4H3,(H,32,35)/t25-/m0/s1. The van der Waals surface area contributed by atoms with Gasteiger partial charge in [-0.25, -0.2) is 0 Å². The minimum absolute atomic E-state index is 0.0591. The molecule has 0 aliphatic carbocycles. The molecule has 3 rings (SSSR count). The SMILES string of the molecule is Cc1ccccc1OCC(=O)N(Cc1c(Cl)cccc1Cl)[C@@H](Cc1ccccc1)C(=O)NC(C)(C)C. The largest absolute Gasteiger partial charge is 0.484 e. The molecular formula is C29H32Cl2N2O3. The van der Waals surface area contributed by atoms with E-state index in [2.05, 4.69) is 5.32 Å². The van der Waals surface area contributed by atoms with Gasteiger partial charge in [-0.1, -0.05) is 77.8 Å². The zero-order valence-electron chi connectivity index (χ0n) is 21.1. The third-order valence-corrected chi connectivity index (χ3v) is 6.31. The summed E-state index contributed by atoms with van der Waals surface area (Å²) in [5, 5.41) is 3.88. The van der Waals surface area contributed by atoms with Gasteiger partial charge in [0.05, 0.1) is 0 Å². The van der Waals surface area contributed by atoms with E-state index >= 15 is 0 Å². The lowest BCUT2D eigenvalue weighted by Gasteiger charge is -2.34. The molecule has 0 aliphatic rings. The van der Waals surface area contributed by atoms with Crippen molar-refractivity contribution >= 4 is 35.0 Å². The number of carbonyl (C=O) groups excluding carboxylic acids is 2. The van der Waals surface area contributed by atoms with E-state index in [4.69, 9.17) is 27.9 Å². The molecule has 1 N–H and O–H groups in total. The van der Waals surface area contributed by atoms with Crippen molar-refractivity contribution < 1.29 is 14.3 Å². The zero-order chi connectivity index (χ0) is 26.3. The minimum atomic E-state index is -0.813. The molecule has 36 heavy (non-hydrogen) atoms. The highest BCUT2D eigenvalue weighted by Gasteiger charge is 2.33. The average molecular weight is 527 g/mol. The van der Waals surface area contributed by atoms with Gasteiger partial charge in [-0.2, -0.15) is 0 Å². The van der Waals surface area contributed by atoms with E-state index in [0.717, 1.165) is 11.1 Å². The van der Waals surface area contributed by atoms with Crippen molar-refractivity contribution in [1.29, 1.82) is 0 Å². The topological polar surface area (TPSA) is 58.6 Å². The minimum Gasteiger partial charge on any atom is -0.484 e. The Morgan fingerprint density at radius 2 is 1.53 bits per heavy atom. The normalized spacial score (nSPS) is 12.1. The number of hydrogen-bond acceptors (Lipinski definition) is 3. The molecule has 0 radical (unpaired) electrons. The molecular weight excluding hydrogens is 495 g/mol. The maximum Gasteiger partial charge on any atom is 0.261 e. The lowest BCUT2D eigenvalue weighted by molar-refractivity contribution is -0.143. The van der Waals surface area contributed by atoms with Gasteiger partial charge in [-0.15, -0.1) is 0 Å². The van der Waals surface area contributed by atoms with Gasteiger partial charge in [0.2, 0.25) is 5.91 Å². The summed E-state index contributed by atoms with van der Waals surface area (Å²) >= 11 is 12.9. The Labute approximate surface area is 223 Å². The van der Waals surface area contributed by atoms with Crippen molar-refractivity contribution in [3.05, 3.63) is 99.5 Å². The monoisotopic (exact) mass is 526 g/mol. The van der Waals surface area contributed by atoms with Crippen molar-refractivity contribution in [1.82, 2.24) is 10.2 Å². The number of amides is 2. The van der Waals surface area contributed by atoms with Crippen LogP contribution >= 0.6 is 23.2 Å². The Bertz CT molecular complexity index is 1170. The molecule has 7 heteroatoms. The quantitative estimate of drug-likeness (QED) is 0.359. The van der Waals surface area contributed by atoms with E-state index in [1.807, 2.05) is 82.3 Å². The molecule has 0 saturated heterocycles. The van der Waals surface area contributed by atoms with Crippen LogP contribution in [0.2, 0.25) is 10.0 Å². The van der Waals surface area contributed by atoms with Gasteiger partial charge in [-0.05, 0) is 57.0 Å². The van der Waals surface area contributed by atoms with Crippen LogP contribution < -0.4 is 10.1 Å². The fourth-order valence-electron chi connectivity index (χ4n) is 3.80. The van der Waals surface area contributed by atoms with Crippen LogP contribution in [0.1, 0.15) is 37.5 Å². The Morgan fingerprint density at radius 1 is 0.917 bits per heavy atom. The highest BCUT2D eigenvalue weighted by Crippen LogP contribution is 2.27. The Hall–Kier alpha value is -3.02. The summed E-state index contributed by atoms with van der Waals surface area (Å²) in [6, 6.07) is 21.5. The number of nitrogens with zero attached hydrogens (tertiary/aromatic N) is 1. The Balaban J connectivity index is 1.99. The van der Waals surface area contributed by atoms with E-state index < -0.39 is 11.6 Å². The molecule has 0 spiro atoms. The van der Waals surface area contributed by atoms with Crippen LogP contribution in [0.5, 0.6) is 5.75 Å². The van der Waals surface area contributed by atoms with Gasteiger partial charge in [0.25, 0.3) is 5.91 Å². The molecule has 0 heterocycles. The van der Waals surface area contributed by atoms with Crippen molar-refractivity contribution in [2.45, 2.75) is 52.2 Å². The first-order chi connectivity index (χ1) is 17.0. The highest BCUT2D eigenvalue weighted by molar-refractivity contribution is 6.36. The maximum atomic E-state index is 13.7. The molecule has 0 aromatic heterocycles. The van der Waals surface area contributed by atoms with E-state index in [1.165, 1.54) is 4.90 Å². The summed E-state index contributed by atoms with van der Waals surface area (Å²) in [7, 11) is 0. The molecule has 3 aromatic carbocycles. The molecule has 0 bridgehead atoms. The zero-order valence-corrected chi connectivity index (χ0v) is 22.6. The fraction of sp³-hybridized carbons (Fsp3) is 0.310. The summed E-state index contributed by atoms with van der Waals surface area (Å²) in [5.74, 6) is -0.00155. The van der Waals surface area contributed by atoms with Gasteiger partial charge >= 0.3 is 0 Å². The predicted molar refractivity (Wildman–Crippen MR) is 146 cm³/mol. The van der Waals surface area contributed by atoms with E-state index in [-0.39, 0.29) is 25.0 Å². The molecule has 0 aliphatic heterocycles. The van der Waals surface area contributed by atoms with Crippen LogP contribution in [0, 0.1) is 6.92 Å².